The van der Waals surface area contributed by atoms with Crippen molar-refractivity contribution < 1.29 is 4.42 Å². The van der Waals surface area contributed by atoms with Crippen LogP contribution in [-0.4, -0.2) is 25.0 Å². The van der Waals surface area contributed by atoms with Crippen LogP contribution in [0.5, 0.6) is 0 Å². The summed E-state index contributed by atoms with van der Waals surface area (Å²) in [6.07, 6.45) is 3.52. The average Bonchev–Trinajstić information content (AvgIpc) is 2.96. The molecular weight excluding hydrogens is 312 g/mol. The van der Waals surface area contributed by atoms with Gasteiger partial charge in [-0.1, -0.05) is 0 Å². The third-order valence-corrected chi connectivity index (χ3v) is 4.32. The largest absolute Gasteiger partial charge is 0.472 e. The lowest BCUT2D eigenvalue weighted by molar-refractivity contribution is 0.323. The molecule has 0 saturated heterocycles. The second kappa shape index (κ2) is 7.09. The predicted octanol–water partition coefficient (Wildman–Crippen LogP) is 3.33. The van der Waals surface area contributed by atoms with Crippen molar-refractivity contribution in [3.8, 4) is 0 Å². The van der Waals surface area contributed by atoms with E-state index in [2.05, 4.69) is 44.6 Å². The molecule has 18 heavy (non-hydrogen) atoms. The lowest BCUT2D eigenvalue weighted by Crippen LogP contribution is -2.28. The van der Waals surface area contributed by atoms with Crippen molar-refractivity contribution in [2.45, 2.75) is 13.1 Å². The molecule has 0 spiro atoms. The van der Waals surface area contributed by atoms with E-state index in [0.717, 1.165) is 26.2 Å². The fraction of sp³-hybridized carbons (Fsp3) is 0.385. The van der Waals surface area contributed by atoms with Crippen LogP contribution < -0.4 is 5.32 Å². The maximum Gasteiger partial charge on any atom is 0.0947 e. The summed E-state index contributed by atoms with van der Waals surface area (Å²) in [5, 5.41) is 5.56. The first-order valence-electron chi connectivity index (χ1n) is 5.87. The van der Waals surface area contributed by atoms with E-state index < -0.39 is 0 Å². The number of halogens is 1. The van der Waals surface area contributed by atoms with Gasteiger partial charge >= 0.3 is 0 Å². The molecule has 2 rings (SSSR count). The third-order valence-electron chi connectivity index (χ3n) is 2.62. The molecule has 0 aliphatic rings. The zero-order valence-electron chi connectivity index (χ0n) is 10.4. The van der Waals surface area contributed by atoms with E-state index >= 15 is 0 Å². The lowest BCUT2D eigenvalue weighted by Gasteiger charge is -2.15. The quantitative estimate of drug-likeness (QED) is 0.790. The number of thiophene rings is 1. The number of likely N-dealkylation sites (N-methyl/N-ethyl adjacent to an activating group) is 1. The molecule has 0 radical (unpaired) electrons. The molecule has 0 bridgehead atoms. The molecule has 5 heteroatoms. The predicted molar refractivity (Wildman–Crippen MR) is 78.8 cm³/mol. The van der Waals surface area contributed by atoms with Crippen LogP contribution >= 0.6 is 27.3 Å². The first-order chi connectivity index (χ1) is 8.74. The van der Waals surface area contributed by atoms with Crippen molar-refractivity contribution in [3.63, 3.8) is 0 Å². The molecule has 0 aliphatic heterocycles. The van der Waals surface area contributed by atoms with Crippen LogP contribution in [0.2, 0.25) is 0 Å². The van der Waals surface area contributed by atoms with Crippen molar-refractivity contribution >= 4 is 27.3 Å². The van der Waals surface area contributed by atoms with Crippen LogP contribution in [0.4, 0.5) is 0 Å². The Hall–Kier alpha value is -0.620. The van der Waals surface area contributed by atoms with Crippen LogP contribution in [0.25, 0.3) is 0 Å². The molecule has 2 aromatic rings. The number of hydrogen-bond acceptors (Lipinski definition) is 4. The molecule has 0 aliphatic carbocycles. The Morgan fingerprint density at radius 2 is 2.39 bits per heavy atom. The average molecular weight is 329 g/mol. The fourth-order valence-electron chi connectivity index (χ4n) is 1.70. The van der Waals surface area contributed by atoms with E-state index in [-0.39, 0.29) is 0 Å². The first-order valence-corrected chi connectivity index (χ1v) is 7.54. The van der Waals surface area contributed by atoms with Gasteiger partial charge < -0.3 is 14.6 Å². The highest BCUT2D eigenvalue weighted by molar-refractivity contribution is 9.10. The Morgan fingerprint density at radius 3 is 3.06 bits per heavy atom. The Labute approximate surface area is 120 Å². The molecule has 2 aromatic heterocycles. The Bertz CT molecular complexity index is 455. The van der Waals surface area contributed by atoms with Crippen LogP contribution in [0.15, 0.2) is 38.9 Å². The van der Waals surface area contributed by atoms with E-state index in [1.807, 2.05) is 6.07 Å². The number of nitrogens with one attached hydrogen (secondary N) is 1. The molecule has 3 nitrogen and oxygen atoms in total. The minimum Gasteiger partial charge on any atom is -0.472 e. The van der Waals surface area contributed by atoms with E-state index in [4.69, 9.17) is 4.42 Å². The second-order valence-corrected chi connectivity index (χ2v) is 6.19. The third kappa shape index (κ3) is 4.57. The minimum absolute atomic E-state index is 0.933. The summed E-state index contributed by atoms with van der Waals surface area (Å²) in [5.74, 6) is 0. The topological polar surface area (TPSA) is 28.4 Å². The summed E-state index contributed by atoms with van der Waals surface area (Å²) < 4.78 is 6.22. The maximum atomic E-state index is 5.06. The highest BCUT2D eigenvalue weighted by Crippen LogP contribution is 2.19. The van der Waals surface area contributed by atoms with Crippen molar-refractivity contribution in [2.24, 2.45) is 0 Å². The number of furan rings is 1. The molecule has 2 heterocycles. The van der Waals surface area contributed by atoms with Crippen LogP contribution in [0, 0.1) is 0 Å². The van der Waals surface area contributed by atoms with Gasteiger partial charge in [0.2, 0.25) is 0 Å². The molecule has 0 aromatic carbocycles. The minimum atomic E-state index is 0.933. The molecule has 0 fully saturated rings. The van der Waals surface area contributed by atoms with E-state index in [0.29, 0.717) is 0 Å². The van der Waals surface area contributed by atoms with Gasteiger partial charge in [0.1, 0.15) is 0 Å². The van der Waals surface area contributed by atoms with Crippen LogP contribution in [0.3, 0.4) is 0 Å². The molecule has 0 saturated carbocycles. The Balaban J connectivity index is 1.60. The van der Waals surface area contributed by atoms with Gasteiger partial charge in [-0.15, -0.1) is 11.3 Å². The van der Waals surface area contributed by atoms with Crippen molar-refractivity contribution in [1.29, 1.82) is 0 Å². The van der Waals surface area contributed by atoms with Crippen molar-refractivity contribution in [2.75, 3.05) is 20.1 Å². The van der Waals surface area contributed by atoms with Gasteiger partial charge in [0.05, 0.1) is 12.5 Å². The number of nitrogens with zero attached hydrogens (tertiary/aromatic N) is 1. The van der Waals surface area contributed by atoms with Crippen molar-refractivity contribution in [3.05, 3.63) is 45.0 Å². The summed E-state index contributed by atoms with van der Waals surface area (Å²) in [4.78, 5) is 3.64. The monoisotopic (exact) mass is 328 g/mol. The lowest BCUT2D eigenvalue weighted by atomic mass is 10.3. The fourth-order valence-corrected chi connectivity index (χ4v) is 3.12. The smallest absolute Gasteiger partial charge is 0.0947 e. The highest BCUT2D eigenvalue weighted by atomic mass is 79.9. The Kier molecular flexibility index (Phi) is 5.44. The summed E-state index contributed by atoms with van der Waals surface area (Å²) in [6, 6.07) is 4.17. The zero-order chi connectivity index (χ0) is 12.8. The van der Waals surface area contributed by atoms with Crippen LogP contribution in [0.1, 0.15) is 10.4 Å². The summed E-state index contributed by atoms with van der Waals surface area (Å²) in [6.45, 7) is 3.89. The zero-order valence-corrected chi connectivity index (χ0v) is 12.8. The van der Waals surface area contributed by atoms with E-state index in [9.17, 15) is 0 Å². The summed E-state index contributed by atoms with van der Waals surface area (Å²) in [5.41, 5.74) is 1.22. The molecule has 98 valence electrons. The molecular formula is C13H17BrN2OS. The molecule has 1 N–H and O–H groups in total. The van der Waals surface area contributed by atoms with Gasteiger partial charge in [0.15, 0.2) is 0 Å². The van der Waals surface area contributed by atoms with Gasteiger partial charge in [-0.25, -0.2) is 0 Å². The summed E-state index contributed by atoms with van der Waals surface area (Å²) >= 11 is 5.24. The van der Waals surface area contributed by atoms with Gasteiger partial charge in [0.25, 0.3) is 0 Å². The highest BCUT2D eigenvalue weighted by Gasteiger charge is 2.01. The maximum absolute atomic E-state index is 5.06. The van der Waals surface area contributed by atoms with E-state index in [1.54, 1.807) is 23.9 Å². The molecule has 0 amide bonds. The van der Waals surface area contributed by atoms with Gasteiger partial charge in [-0.05, 0) is 35.1 Å². The van der Waals surface area contributed by atoms with E-state index in [1.165, 1.54) is 14.9 Å². The SMILES string of the molecule is CN(CCNCc1cc(Br)cs1)Cc1ccoc1. The van der Waals surface area contributed by atoms with Gasteiger partial charge in [0, 0.05) is 46.5 Å². The summed E-state index contributed by atoms with van der Waals surface area (Å²) in [7, 11) is 2.12. The standard InChI is InChI=1S/C13H17BrN2OS/c1-16(8-11-2-5-17-9-11)4-3-15-7-13-6-12(14)10-18-13/h2,5-6,9-10,15H,3-4,7-8H2,1H3. The number of hydrogen-bond donors (Lipinski definition) is 1. The van der Waals surface area contributed by atoms with Crippen LogP contribution in [-0.2, 0) is 13.1 Å². The molecule has 0 atom stereocenters. The number of rotatable bonds is 7. The van der Waals surface area contributed by atoms with Gasteiger partial charge in [-0.2, -0.15) is 0 Å². The van der Waals surface area contributed by atoms with Crippen molar-refractivity contribution in [1.82, 2.24) is 10.2 Å². The second-order valence-electron chi connectivity index (χ2n) is 4.28. The van der Waals surface area contributed by atoms with Gasteiger partial charge in [-0.3, -0.25) is 0 Å². The first kappa shape index (κ1) is 13.8. The normalized spacial score (nSPS) is 11.3. The molecule has 0 unspecified atom stereocenters. The Morgan fingerprint density at radius 1 is 1.50 bits per heavy atom.